The van der Waals surface area contributed by atoms with E-state index in [-0.39, 0.29) is 11.6 Å². The van der Waals surface area contributed by atoms with Gasteiger partial charge in [0.15, 0.2) is 0 Å². The smallest absolute Gasteiger partial charge is 0.339 e. The molecule has 0 heterocycles. The molecule has 1 aromatic carbocycles. The van der Waals surface area contributed by atoms with Gasteiger partial charge in [-0.05, 0) is 18.6 Å². The Labute approximate surface area is 113 Å². The number of terminal acetylenes is 1. The van der Waals surface area contributed by atoms with E-state index in [9.17, 15) is 4.79 Å². The summed E-state index contributed by atoms with van der Waals surface area (Å²) in [6.45, 7) is 3.04. The minimum atomic E-state index is -0.990. The predicted molar refractivity (Wildman–Crippen MR) is 74.4 cm³/mol. The van der Waals surface area contributed by atoms with Crippen LogP contribution in [0.25, 0.3) is 0 Å². The van der Waals surface area contributed by atoms with E-state index in [0.717, 1.165) is 12.8 Å². The van der Waals surface area contributed by atoms with E-state index >= 15 is 0 Å². The van der Waals surface area contributed by atoms with Crippen LogP contribution < -0.4 is 10.1 Å². The molecule has 0 aliphatic heterocycles. The Bertz CT molecular complexity index is 451. The number of carbonyl (C=O) groups is 1. The lowest BCUT2D eigenvalue weighted by Crippen LogP contribution is -2.31. The second-order valence-corrected chi connectivity index (χ2v) is 4.11. The fourth-order valence-corrected chi connectivity index (χ4v) is 1.70. The van der Waals surface area contributed by atoms with Crippen LogP contribution in [0.4, 0.5) is 0 Å². The van der Waals surface area contributed by atoms with Crippen LogP contribution in [0.2, 0.25) is 0 Å². The third-order valence-electron chi connectivity index (χ3n) is 2.65. The summed E-state index contributed by atoms with van der Waals surface area (Å²) >= 11 is 0. The summed E-state index contributed by atoms with van der Waals surface area (Å²) in [5.74, 6) is 2.06. The van der Waals surface area contributed by atoms with Gasteiger partial charge in [-0.1, -0.05) is 31.4 Å². The first-order valence-electron chi connectivity index (χ1n) is 6.33. The zero-order valence-electron chi connectivity index (χ0n) is 11.1. The van der Waals surface area contributed by atoms with Gasteiger partial charge in [0.25, 0.3) is 0 Å². The summed E-state index contributed by atoms with van der Waals surface area (Å²) in [5, 5.41) is 12.2. The monoisotopic (exact) mass is 261 g/mol. The fourth-order valence-electron chi connectivity index (χ4n) is 1.70. The number of benzene rings is 1. The molecule has 0 saturated heterocycles. The van der Waals surface area contributed by atoms with Gasteiger partial charge < -0.3 is 15.2 Å². The van der Waals surface area contributed by atoms with Crippen LogP contribution in [0, 0.1) is 12.3 Å². The molecule has 0 aliphatic rings. The Balaban J connectivity index is 2.42. The summed E-state index contributed by atoms with van der Waals surface area (Å²) < 4.78 is 5.46. The second-order valence-electron chi connectivity index (χ2n) is 4.11. The van der Waals surface area contributed by atoms with E-state index in [4.69, 9.17) is 16.3 Å². The molecule has 4 nitrogen and oxygen atoms in total. The molecule has 0 fully saturated rings. The zero-order chi connectivity index (χ0) is 14.1. The van der Waals surface area contributed by atoms with Crippen LogP contribution in [0.15, 0.2) is 24.3 Å². The van der Waals surface area contributed by atoms with Crippen molar-refractivity contribution in [2.75, 3.05) is 13.2 Å². The van der Waals surface area contributed by atoms with Crippen LogP contribution in [-0.4, -0.2) is 30.3 Å². The molecule has 0 saturated carbocycles. The number of carboxylic acids is 1. The maximum absolute atomic E-state index is 11.0. The largest absolute Gasteiger partial charge is 0.491 e. The zero-order valence-corrected chi connectivity index (χ0v) is 11.1. The van der Waals surface area contributed by atoms with Crippen molar-refractivity contribution in [3.8, 4) is 18.1 Å². The van der Waals surface area contributed by atoms with Gasteiger partial charge in [0.2, 0.25) is 0 Å². The summed E-state index contributed by atoms with van der Waals surface area (Å²) in [5.41, 5.74) is 0.171. The Hall–Kier alpha value is -1.99. The lowest BCUT2D eigenvalue weighted by Gasteiger charge is -2.13. The highest BCUT2D eigenvalue weighted by atomic mass is 16.5. The van der Waals surface area contributed by atoms with Crippen LogP contribution in [0.1, 0.15) is 30.1 Å². The molecule has 0 spiro atoms. The molecule has 0 amide bonds. The third-order valence-corrected chi connectivity index (χ3v) is 2.65. The highest BCUT2D eigenvalue weighted by Crippen LogP contribution is 2.17. The third kappa shape index (κ3) is 5.02. The van der Waals surface area contributed by atoms with Gasteiger partial charge >= 0.3 is 5.97 Å². The Morgan fingerprint density at radius 2 is 2.26 bits per heavy atom. The number of aromatic carboxylic acids is 1. The van der Waals surface area contributed by atoms with Crippen molar-refractivity contribution in [1.29, 1.82) is 0 Å². The van der Waals surface area contributed by atoms with E-state index < -0.39 is 5.97 Å². The predicted octanol–water partition coefficient (Wildman–Crippen LogP) is 2.16. The number of para-hydroxylation sites is 1. The molecule has 0 radical (unpaired) electrons. The van der Waals surface area contributed by atoms with Crippen molar-refractivity contribution in [2.45, 2.75) is 25.8 Å². The van der Waals surface area contributed by atoms with Crippen LogP contribution >= 0.6 is 0 Å². The molecule has 1 rings (SSSR count). The summed E-state index contributed by atoms with van der Waals surface area (Å²) in [4.78, 5) is 11.0. The number of hydrogen-bond acceptors (Lipinski definition) is 3. The van der Waals surface area contributed by atoms with Crippen molar-refractivity contribution in [3.05, 3.63) is 29.8 Å². The van der Waals surface area contributed by atoms with Crippen LogP contribution in [0.3, 0.4) is 0 Å². The summed E-state index contributed by atoms with van der Waals surface area (Å²) in [6.07, 6.45) is 7.32. The molecule has 4 heteroatoms. The number of rotatable bonds is 8. The summed E-state index contributed by atoms with van der Waals surface area (Å²) in [6, 6.07) is 6.63. The first-order chi connectivity index (χ1) is 9.19. The standard InChI is InChI=1S/C15H19NO3/c1-3-7-12(4-2)16-10-11-19-14-9-6-5-8-13(14)15(17)18/h2,5-6,8-9,12,16H,3,7,10-11H2,1H3,(H,17,18). The average molecular weight is 261 g/mol. The van der Waals surface area contributed by atoms with Gasteiger partial charge in [0, 0.05) is 6.54 Å². The molecule has 0 bridgehead atoms. The number of hydrogen-bond donors (Lipinski definition) is 2. The van der Waals surface area contributed by atoms with Crippen molar-refractivity contribution >= 4 is 5.97 Å². The second kappa shape index (κ2) is 8.17. The molecule has 2 N–H and O–H groups in total. The van der Waals surface area contributed by atoms with E-state index in [1.165, 1.54) is 6.07 Å². The Morgan fingerprint density at radius 3 is 2.89 bits per heavy atom. The minimum Gasteiger partial charge on any atom is -0.491 e. The minimum absolute atomic E-state index is 0.0447. The molecular formula is C15H19NO3. The molecular weight excluding hydrogens is 242 g/mol. The fraction of sp³-hybridized carbons (Fsp3) is 0.400. The maximum atomic E-state index is 11.0. The van der Waals surface area contributed by atoms with Crippen molar-refractivity contribution in [1.82, 2.24) is 5.32 Å². The molecule has 1 atom stereocenters. The number of nitrogens with one attached hydrogen (secondary N) is 1. The van der Waals surface area contributed by atoms with Gasteiger partial charge in [-0.25, -0.2) is 4.79 Å². The molecule has 0 aromatic heterocycles. The molecule has 102 valence electrons. The summed E-state index contributed by atoms with van der Waals surface area (Å²) in [7, 11) is 0. The topological polar surface area (TPSA) is 58.6 Å². The van der Waals surface area contributed by atoms with E-state index in [2.05, 4.69) is 18.2 Å². The van der Waals surface area contributed by atoms with Crippen molar-refractivity contribution in [2.24, 2.45) is 0 Å². The van der Waals surface area contributed by atoms with Crippen molar-refractivity contribution in [3.63, 3.8) is 0 Å². The lowest BCUT2D eigenvalue weighted by molar-refractivity contribution is 0.0692. The Kier molecular flexibility index (Phi) is 6.48. The first-order valence-corrected chi connectivity index (χ1v) is 6.33. The highest BCUT2D eigenvalue weighted by Gasteiger charge is 2.09. The maximum Gasteiger partial charge on any atom is 0.339 e. The van der Waals surface area contributed by atoms with Gasteiger partial charge in [0.1, 0.15) is 17.9 Å². The van der Waals surface area contributed by atoms with E-state index in [1.807, 2.05) is 0 Å². The molecule has 19 heavy (non-hydrogen) atoms. The molecule has 1 unspecified atom stereocenters. The SMILES string of the molecule is C#CC(CCC)NCCOc1ccccc1C(=O)O. The van der Waals surface area contributed by atoms with Gasteiger partial charge in [-0.2, -0.15) is 0 Å². The lowest BCUT2D eigenvalue weighted by atomic mass is 10.2. The van der Waals surface area contributed by atoms with Gasteiger partial charge in [-0.15, -0.1) is 6.42 Å². The van der Waals surface area contributed by atoms with Crippen LogP contribution in [0.5, 0.6) is 5.75 Å². The van der Waals surface area contributed by atoms with Gasteiger partial charge in [0.05, 0.1) is 6.04 Å². The number of carboxylic acid groups (broad SMARTS) is 1. The average Bonchev–Trinajstić information content (AvgIpc) is 2.42. The number of ether oxygens (including phenoxy) is 1. The molecule has 0 aliphatic carbocycles. The van der Waals surface area contributed by atoms with Crippen molar-refractivity contribution < 1.29 is 14.6 Å². The normalized spacial score (nSPS) is 11.6. The first kappa shape index (κ1) is 15.1. The quantitative estimate of drug-likeness (QED) is 0.556. The van der Waals surface area contributed by atoms with E-state index in [0.29, 0.717) is 18.9 Å². The Morgan fingerprint density at radius 1 is 1.53 bits per heavy atom. The molecule has 1 aromatic rings. The van der Waals surface area contributed by atoms with Gasteiger partial charge in [-0.3, -0.25) is 0 Å². The van der Waals surface area contributed by atoms with E-state index in [1.54, 1.807) is 18.2 Å². The highest BCUT2D eigenvalue weighted by molar-refractivity contribution is 5.90. The van der Waals surface area contributed by atoms with Crippen LogP contribution in [-0.2, 0) is 0 Å².